The molecule has 1 amide bonds. The van der Waals surface area contributed by atoms with E-state index in [1.54, 1.807) is 0 Å². The van der Waals surface area contributed by atoms with E-state index in [1.165, 1.54) is 0 Å². The van der Waals surface area contributed by atoms with Crippen LogP contribution in [0.4, 0.5) is 4.79 Å². The van der Waals surface area contributed by atoms with E-state index in [-0.39, 0.29) is 12.6 Å². The number of carbonyl (C=O) groups excluding carboxylic acids is 2. The summed E-state index contributed by atoms with van der Waals surface area (Å²) in [4.78, 5) is 30.1. The van der Waals surface area contributed by atoms with Gasteiger partial charge >= 0.3 is 12.1 Å². The summed E-state index contributed by atoms with van der Waals surface area (Å²) in [6, 6.07) is -1.25. The molecule has 0 aromatic rings. The molecule has 1 aliphatic carbocycles. The lowest BCUT2D eigenvalue weighted by atomic mass is 10.1. The second-order valence-corrected chi connectivity index (χ2v) is 5.50. The summed E-state index contributed by atoms with van der Waals surface area (Å²) in [6.45, 7) is 0.210. The fraction of sp³-hybridized carbons (Fsp3) is 0.833. The maximum atomic E-state index is 11.9. The molecule has 13 nitrogen and oxygen atoms in total. The summed E-state index contributed by atoms with van der Waals surface area (Å²) in [5.41, 5.74) is 8.49. The van der Waals surface area contributed by atoms with Gasteiger partial charge in [0.05, 0.1) is 6.04 Å². The Morgan fingerprint density at radius 1 is 1.36 bits per heavy atom. The molecule has 0 spiro atoms. The Kier molecular flexibility index (Phi) is 9.00. The van der Waals surface area contributed by atoms with Crippen molar-refractivity contribution in [3.63, 3.8) is 0 Å². The number of nitrogens with two attached hydrogens (primary N) is 3. The zero-order chi connectivity index (χ0) is 18.7. The highest BCUT2D eigenvalue weighted by molar-refractivity contribution is 5.75. The van der Waals surface area contributed by atoms with Crippen LogP contribution in [0.15, 0.2) is 15.5 Å². The van der Waals surface area contributed by atoms with Gasteiger partial charge in [-0.05, 0) is 44.1 Å². The molecule has 140 valence electrons. The molecule has 13 heteroatoms. The standard InChI is InChI=1S/C12H23N9O4/c13-19-17-8-5-3-6-10(8)24-12(23)21(15)7-2-1-4-9(18-20-14)11(22)25-16/h8-10H,1-7,15-16H2,(H2,14,18)/t8-,9+,10-/m1/s1. The molecule has 0 bridgehead atoms. The Hall–Kier alpha value is -2.63. The number of nitrogens with zero attached hydrogens (tertiary/aromatic N) is 6. The summed E-state index contributed by atoms with van der Waals surface area (Å²) in [5.74, 6) is 14.6. The van der Waals surface area contributed by atoms with Crippen molar-refractivity contribution in [2.45, 2.75) is 56.7 Å². The summed E-state index contributed by atoms with van der Waals surface area (Å²) < 4.78 is 5.27. The molecule has 0 aromatic carbocycles. The lowest BCUT2D eigenvalue weighted by molar-refractivity contribution is -0.146. The van der Waals surface area contributed by atoms with Gasteiger partial charge in [0.2, 0.25) is 0 Å². The van der Waals surface area contributed by atoms with E-state index < -0.39 is 24.2 Å². The van der Waals surface area contributed by atoms with E-state index in [9.17, 15) is 9.59 Å². The Morgan fingerprint density at radius 3 is 2.76 bits per heavy atom. The van der Waals surface area contributed by atoms with Crippen LogP contribution in [0.2, 0.25) is 0 Å². The van der Waals surface area contributed by atoms with Crippen LogP contribution in [-0.2, 0) is 14.4 Å². The fourth-order valence-electron chi connectivity index (χ4n) is 2.53. The second-order valence-electron chi connectivity index (χ2n) is 5.50. The van der Waals surface area contributed by atoms with Crippen molar-refractivity contribution in [1.29, 1.82) is 0 Å². The number of ether oxygens (including phenoxy) is 1. The van der Waals surface area contributed by atoms with E-state index >= 15 is 0 Å². The number of amides is 1. The maximum absolute atomic E-state index is 11.9. The van der Waals surface area contributed by atoms with E-state index in [4.69, 9.17) is 27.9 Å². The molecular weight excluding hydrogens is 334 g/mol. The molecule has 0 unspecified atom stereocenters. The van der Waals surface area contributed by atoms with Crippen molar-refractivity contribution < 1.29 is 19.2 Å². The molecule has 0 saturated heterocycles. The largest absolute Gasteiger partial charge is 0.445 e. The molecule has 0 heterocycles. The van der Waals surface area contributed by atoms with Crippen molar-refractivity contribution in [3.05, 3.63) is 10.4 Å². The van der Waals surface area contributed by atoms with Gasteiger partial charge in [-0.15, -0.1) is 0 Å². The van der Waals surface area contributed by atoms with Gasteiger partial charge in [-0.2, -0.15) is 11.0 Å². The van der Waals surface area contributed by atoms with Gasteiger partial charge in [-0.3, -0.25) is 0 Å². The van der Waals surface area contributed by atoms with Crippen molar-refractivity contribution >= 4 is 12.1 Å². The van der Waals surface area contributed by atoms with Gasteiger partial charge < -0.3 is 15.4 Å². The van der Waals surface area contributed by atoms with Gasteiger partial charge in [0.15, 0.2) is 6.04 Å². The minimum atomic E-state index is -0.892. The molecule has 1 aliphatic rings. The molecule has 25 heavy (non-hydrogen) atoms. The van der Waals surface area contributed by atoms with E-state index in [1.807, 2.05) is 0 Å². The van der Waals surface area contributed by atoms with Crippen molar-refractivity contribution in [2.75, 3.05) is 6.54 Å². The highest BCUT2D eigenvalue weighted by Crippen LogP contribution is 2.25. The normalized spacial score (nSPS) is 20.7. The molecule has 0 aliphatic heterocycles. The molecular formula is C12H23N9O4. The van der Waals surface area contributed by atoms with Crippen molar-refractivity contribution in [3.8, 4) is 0 Å². The maximum Gasteiger partial charge on any atom is 0.424 e. The first-order valence-corrected chi connectivity index (χ1v) is 7.81. The molecule has 0 radical (unpaired) electrons. The smallest absolute Gasteiger partial charge is 0.424 e. The van der Waals surface area contributed by atoms with E-state index in [2.05, 4.69) is 25.2 Å². The van der Waals surface area contributed by atoms with Crippen LogP contribution < -0.4 is 17.6 Å². The molecule has 0 aromatic heterocycles. The molecule has 1 rings (SSSR count). The van der Waals surface area contributed by atoms with Crippen LogP contribution in [0.5, 0.6) is 0 Å². The Labute approximate surface area is 144 Å². The quantitative estimate of drug-likeness (QED) is 0.103. The first-order chi connectivity index (χ1) is 12.0. The number of carbonyl (C=O) groups is 2. The monoisotopic (exact) mass is 357 g/mol. The van der Waals surface area contributed by atoms with E-state index in [0.717, 1.165) is 11.4 Å². The van der Waals surface area contributed by atoms with Gasteiger partial charge in [0.1, 0.15) is 6.10 Å². The van der Waals surface area contributed by atoms with Crippen LogP contribution in [0.25, 0.3) is 10.4 Å². The third-order valence-electron chi connectivity index (χ3n) is 3.83. The predicted molar refractivity (Wildman–Crippen MR) is 84.9 cm³/mol. The average molecular weight is 357 g/mol. The number of hydrazine groups is 1. The average Bonchev–Trinajstić information content (AvgIpc) is 3.03. The number of hydrogen-bond acceptors (Lipinski definition) is 9. The Morgan fingerprint density at radius 2 is 2.12 bits per heavy atom. The zero-order valence-corrected chi connectivity index (χ0v) is 13.7. The summed E-state index contributed by atoms with van der Waals surface area (Å²) >= 11 is 0. The summed E-state index contributed by atoms with van der Waals surface area (Å²) in [6.07, 6.45) is 2.28. The van der Waals surface area contributed by atoms with Crippen LogP contribution >= 0.6 is 0 Å². The lowest BCUT2D eigenvalue weighted by Crippen LogP contribution is -2.41. The number of unbranched alkanes of at least 4 members (excludes halogenated alkanes) is 1. The topological polar surface area (TPSA) is 207 Å². The summed E-state index contributed by atoms with van der Waals surface area (Å²) in [7, 11) is 0. The fourth-order valence-corrected chi connectivity index (χ4v) is 2.53. The Bertz CT molecular complexity index is 523. The number of azide groups is 1. The molecule has 1 saturated carbocycles. The van der Waals surface area contributed by atoms with E-state index in [0.29, 0.717) is 32.1 Å². The predicted octanol–water partition coefficient (Wildman–Crippen LogP) is 0.812. The van der Waals surface area contributed by atoms with Crippen LogP contribution in [-0.4, -0.2) is 41.8 Å². The third kappa shape index (κ3) is 6.79. The SMILES string of the molecule is [N-]=[N+]=N[C@@H]1CCC[C@H]1OC(=O)N(N)CCCC[C@H](N=NN)C(=O)ON. The highest BCUT2D eigenvalue weighted by Gasteiger charge is 2.30. The van der Waals surface area contributed by atoms with Crippen LogP contribution in [0.1, 0.15) is 38.5 Å². The minimum absolute atomic E-state index is 0.210. The first-order valence-electron chi connectivity index (χ1n) is 7.81. The van der Waals surface area contributed by atoms with Crippen molar-refractivity contribution in [2.24, 2.45) is 33.0 Å². The lowest BCUT2D eigenvalue weighted by Gasteiger charge is -2.21. The van der Waals surface area contributed by atoms with Gasteiger partial charge in [0.25, 0.3) is 0 Å². The molecule has 1 fully saturated rings. The van der Waals surface area contributed by atoms with Gasteiger partial charge in [0, 0.05) is 11.5 Å². The zero-order valence-electron chi connectivity index (χ0n) is 13.7. The molecule has 6 N–H and O–H groups in total. The van der Waals surface area contributed by atoms with Crippen molar-refractivity contribution in [1.82, 2.24) is 5.01 Å². The van der Waals surface area contributed by atoms with Crippen LogP contribution in [0.3, 0.4) is 0 Å². The van der Waals surface area contributed by atoms with Crippen LogP contribution in [0, 0.1) is 0 Å². The van der Waals surface area contributed by atoms with Gasteiger partial charge in [-0.25, -0.2) is 20.4 Å². The molecule has 3 atom stereocenters. The number of rotatable bonds is 9. The second kappa shape index (κ2) is 11.0. The minimum Gasteiger partial charge on any atom is -0.445 e. The first kappa shape index (κ1) is 20.4. The third-order valence-corrected chi connectivity index (χ3v) is 3.83. The Balaban J connectivity index is 2.33. The number of hydrogen-bond donors (Lipinski definition) is 3. The van der Waals surface area contributed by atoms with Gasteiger partial charge in [-0.1, -0.05) is 10.3 Å². The summed E-state index contributed by atoms with van der Waals surface area (Å²) in [5, 5.41) is 11.1. The highest BCUT2D eigenvalue weighted by atomic mass is 16.7.